The first-order valence-corrected chi connectivity index (χ1v) is 9.62. The van der Waals surface area contributed by atoms with Gasteiger partial charge in [0, 0.05) is 17.7 Å². The van der Waals surface area contributed by atoms with Gasteiger partial charge in [0.15, 0.2) is 11.9 Å². The minimum atomic E-state index is -0.930. The minimum absolute atomic E-state index is 0.257. The number of nitrogens with one attached hydrogen (secondary N) is 2. The number of carbonyl (C=O) groups excluding carboxylic acids is 3. The van der Waals surface area contributed by atoms with Gasteiger partial charge in [-0.3, -0.25) is 14.9 Å². The van der Waals surface area contributed by atoms with Crippen LogP contribution in [0.3, 0.4) is 0 Å². The van der Waals surface area contributed by atoms with Gasteiger partial charge in [-0.1, -0.05) is 30.3 Å². The number of ketones is 1. The Morgan fingerprint density at radius 2 is 1.45 bits per heavy atom. The molecule has 3 amide bonds. The van der Waals surface area contributed by atoms with E-state index in [1.807, 2.05) is 30.3 Å². The lowest BCUT2D eigenvalue weighted by Crippen LogP contribution is -2.44. The monoisotopic (exact) mass is 420 g/mol. The number of hydrogen-bond donors (Lipinski definition) is 2. The largest absolute Gasteiger partial charge is 0.481 e. The Kier molecular flexibility index (Phi) is 7.11. The highest BCUT2D eigenvalue weighted by molar-refractivity contribution is 6.09. The fourth-order valence-electron chi connectivity index (χ4n) is 2.75. The summed E-state index contributed by atoms with van der Waals surface area (Å²) in [6, 6.07) is 20.2. The van der Waals surface area contributed by atoms with E-state index in [9.17, 15) is 18.8 Å². The van der Waals surface area contributed by atoms with Crippen molar-refractivity contribution in [1.82, 2.24) is 10.6 Å². The van der Waals surface area contributed by atoms with Crippen LogP contribution in [0, 0.1) is 5.82 Å². The van der Waals surface area contributed by atoms with Gasteiger partial charge < -0.3 is 10.1 Å². The topological polar surface area (TPSA) is 84.5 Å². The second-order valence-electron chi connectivity index (χ2n) is 6.78. The molecule has 2 N–H and O–H groups in total. The summed E-state index contributed by atoms with van der Waals surface area (Å²) in [5, 5.41) is 4.83. The summed E-state index contributed by atoms with van der Waals surface area (Å²) in [5.74, 6) is -0.909. The maximum atomic E-state index is 13.0. The summed E-state index contributed by atoms with van der Waals surface area (Å²) >= 11 is 0. The predicted octanol–water partition coefficient (Wildman–Crippen LogP) is 3.85. The molecular weight excluding hydrogens is 399 g/mol. The van der Waals surface area contributed by atoms with E-state index in [0.29, 0.717) is 23.4 Å². The number of hydrogen-bond acceptors (Lipinski definition) is 4. The summed E-state index contributed by atoms with van der Waals surface area (Å²) in [7, 11) is 0. The maximum absolute atomic E-state index is 13.0. The van der Waals surface area contributed by atoms with Crippen molar-refractivity contribution in [1.29, 1.82) is 0 Å². The van der Waals surface area contributed by atoms with E-state index in [2.05, 4.69) is 10.6 Å². The molecule has 0 aliphatic heterocycles. The zero-order valence-electron chi connectivity index (χ0n) is 16.8. The third kappa shape index (κ3) is 6.24. The lowest BCUT2D eigenvalue weighted by Gasteiger charge is -2.15. The molecule has 0 aliphatic rings. The molecule has 7 heteroatoms. The van der Waals surface area contributed by atoms with E-state index in [1.54, 1.807) is 24.3 Å². The zero-order valence-corrected chi connectivity index (χ0v) is 16.8. The molecule has 0 saturated carbocycles. The Labute approximate surface area is 179 Å². The number of halogens is 1. The molecule has 1 unspecified atom stereocenters. The third-order valence-electron chi connectivity index (χ3n) is 4.44. The molecule has 0 heterocycles. The van der Waals surface area contributed by atoms with Crippen LogP contribution in [0.25, 0.3) is 0 Å². The summed E-state index contributed by atoms with van der Waals surface area (Å²) in [4.78, 5) is 36.5. The molecule has 1 atom stereocenters. The Morgan fingerprint density at radius 1 is 0.871 bits per heavy atom. The first-order chi connectivity index (χ1) is 14.9. The molecular formula is C24H21FN2O4. The van der Waals surface area contributed by atoms with Crippen LogP contribution >= 0.6 is 0 Å². The van der Waals surface area contributed by atoms with Crippen molar-refractivity contribution >= 4 is 17.7 Å². The standard InChI is InChI=1S/C24H21FN2O4/c1-16(23(29)27-24(30)26-15-17-5-3-2-4-6-17)31-21-13-9-19(10-14-21)22(28)18-7-11-20(25)12-8-18/h2-14,16H,15H2,1H3,(H2,26,27,29,30). The molecule has 6 nitrogen and oxygen atoms in total. The average Bonchev–Trinajstić information content (AvgIpc) is 2.79. The highest BCUT2D eigenvalue weighted by Crippen LogP contribution is 2.17. The van der Waals surface area contributed by atoms with E-state index in [0.717, 1.165) is 5.56 Å². The number of rotatable bonds is 7. The van der Waals surface area contributed by atoms with Crippen molar-refractivity contribution in [2.45, 2.75) is 19.6 Å². The summed E-state index contributed by atoms with van der Waals surface area (Å²) in [5.41, 5.74) is 1.67. The second kappa shape index (κ2) is 10.2. The molecule has 0 aliphatic carbocycles. The Bertz CT molecular complexity index is 1050. The van der Waals surface area contributed by atoms with Gasteiger partial charge in [0.05, 0.1) is 0 Å². The molecule has 0 aromatic heterocycles. The maximum Gasteiger partial charge on any atom is 0.321 e. The minimum Gasteiger partial charge on any atom is -0.481 e. The summed E-state index contributed by atoms with van der Waals surface area (Å²) < 4.78 is 18.5. The van der Waals surface area contributed by atoms with Crippen molar-refractivity contribution in [3.63, 3.8) is 0 Å². The normalized spacial score (nSPS) is 11.3. The Morgan fingerprint density at radius 3 is 2.06 bits per heavy atom. The van der Waals surface area contributed by atoms with Crippen LogP contribution in [-0.4, -0.2) is 23.8 Å². The first kappa shape index (κ1) is 21.7. The van der Waals surface area contributed by atoms with Crippen LogP contribution in [0.1, 0.15) is 28.4 Å². The molecule has 0 saturated heterocycles. The number of ether oxygens (including phenoxy) is 1. The van der Waals surface area contributed by atoms with Gasteiger partial charge in [-0.05, 0) is 61.0 Å². The van der Waals surface area contributed by atoms with E-state index in [-0.39, 0.29) is 5.78 Å². The zero-order chi connectivity index (χ0) is 22.2. The Hall–Kier alpha value is -4.00. The SMILES string of the molecule is CC(Oc1ccc(C(=O)c2ccc(F)cc2)cc1)C(=O)NC(=O)NCc1ccccc1. The summed E-state index contributed by atoms with van der Waals surface area (Å²) in [6.45, 7) is 1.80. The van der Waals surface area contributed by atoms with Gasteiger partial charge in [-0.25, -0.2) is 9.18 Å². The number of carbonyl (C=O) groups is 3. The van der Waals surface area contributed by atoms with Gasteiger partial charge in [0.2, 0.25) is 0 Å². The van der Waals surface area contributed by atoms with Crippen molar-refractivity contribution in [2.75, 3.05) is 0 Å². The number of imide groups is 1. The van der Waals surface area contributed by atoms with Crippen LogP contribution < -0.4 is 15.4 Å². The van der Waals surface area contributed by atoms with Crippen LogP contribution in [0.5, 0.6) is 5.75 Å². The van der Waals surface area contributed by atoms with E-state index in [1.165, 1.54) is 31.2 Å². The van der Waals surface area contributed by atoms with Crippen molar-refractivity contribution in [3.05, 3.63) is 101 Å². The fraction of sp³-hybridized carbons (Fsp3) is 0.125. The number of benzene rings is 3. The molecule has 3 aromatic rings. The van der Waals surface area contributed by atoms with Gasteiger partial charge in [-0.15, -0.1) is 0 Å². The van der Waals surface area contributed by atoms with Gasteiger partial charge >= 0.3 is 6.03 Å². The summed E-state index contributed by atoms with van der Waals surface area (Å²) in [6.07, 6.45) is -0.930. The second-order valence-corrected chi connectivity index (χ2v) is 6.78. The lowest BCUT2D eigenvalue weighted by molar-refractivity contribution is -0.126. The van der Waals surface area contributed by atoms with E-state index < -0.39 is 23.9 Å². The van der Waals surface area contributed by atoms with Crippen molar-refractivity contribution in [3.8, 4) is 5.75 Å². The molecule has 3 aromatic carbocycles. The highest BCUT2D eigenvalue weighted by Gasteiger charge is 2.18. The number of amides is 3. The van der Waals surface area contributed by atoms with Gasteiger partial charge in [0.25, 0.3) is 5.91 Å². The van der Waals surface area contributed by atoms with Crippen LogP contribution in [0.15, 0.2) is 78.9 Å². The molecule has 0 bridgehead atoms. The van der Waals surface area contributed by atoms with Crippen molar-refractivity contribution < 1.29 is 23.5 Å². The molecule has 0 spiro atoms. The molecule has 158 valence electrons. The molecule has 0 radical (unpaired) electrons. The number of urea groups is 1. The quantitative estimate of drug-likeness (QED) is 0.569. The Balaban J connectivity index is 1.50. The fourth-order valence-corrected chi connectivity index (χ4v) is 2.75. The molecule has 31 heavy (non-hydrogen) atoms. The lowest BCUT2D eigenvalue weighted by atomic mass is 10.0. The molecule has 3 rings (SSSR count). The van der Waals surface area contributed by atoms with Gasteiger partial charge in [-0.2, -0.15) is 0 Å². The van der Waals surface area contributed by atoms with Crippen LogP contribution in [0.4, 0.5) is 9.18 Å². The van der Waals surface area contributed by atoms with Gasteiger partial charge in [0.1, 0.15) is 11.6 Å². The smallest absolute Gasteiger partial charge is 0.321 e. The van der Waals surface area contributed by atoms with Crippen LogP contribution in [-0.2, 0) is 11.3 Å². The van der Waals surface area contributed by atoms with Crippen LogP contribution in [0.2, 0.25) is 0 Å². The van der Waals surface area contributed by atoms with Crippen molar-refractivity contribution in [2.24, 2.45) is 0 Å². The highest BCUT2D eigenvalue weighted by atomic mass is 19.1. The first-order valence-electron chi connectivity index (χ1n) is 9.62. The third-order valence-corrected chi connectivity index (χ3v) is 4.44. The predicted molar refractivity (Wildman–Crippen MR) is 113 cm³/mol. The average molecular weight is 420 g/mol. The van der Waals surface area contributed by atoms with E-state index in [4.69, 9.17) is 4.74 Å². The van der Waals surface area contributed by atoms with E-state index >= 15 is 0 Å². The molecule has 0 fully saturated rings.